The monoisotopic (exact) mass is 447 g/mol. The fourth-order valence-corrected chi connectivity index (χ4v) is 4.45. The highest BCUT2D eigenvalue weighted by Gasteiger charge is 2.37. The molecule has 3 N–H and O–H groups in total. The second-order valence-corrected chi connectivity index (χ2v) is 8.73. The van der Waals surface area contributed by atoms with Crippen LogP contribution in [0.1, 0.15) is 44.9 Å². The summed E-state index contributed by atoms with van der Waals surface area (Å²) in [5, 5.41) is 14.5. The number of aromatic nitrogens is 2. The zero-order valence-corrected chi connectivity index (χ0v) is 18.7. The molecule has 1 aromatic rings. The quantitative estimate of drug-likeness (QED) is 0.291. The molecule has 11 nitrogen and oxygen atoms in total. The van der Waals surface area contributed by atoms with Gasteiger partial charge in [0.25, 0.3) is 0 Å². The van der Waals surface area contributed by atoms with E-state index in [1.54, 1.807) is 11.0 Å². The number of rotatable bonds is 9. The molecule has 176 valence electrons. The maximum Gasteiger partial charge on any atom is 0.249 e. The van der Waals surface area contributed by atoms with Gasteiger partial charge in [0.05, 0.1) is 12.5 Å². The fourth-order valence-electron chi connectivity index (χ4n) is 4.45. The van der Waals surface area contributed by atoms with Gasteiger partial charge in [-0.1, -0.05) is 25.7 Å². The van der Waals surface area contributed by atoms with Crippen molar-refractivity contribution in [2.45, 2.75) is 51.0 Å². The van der Waals surface area contributed by atoms with Crippen LogP contribution in [-0.4, -0.2) is 76.7 Å². The van der Waals surface area contributed by atoms with E-state index in [1.807, 2.05) is 14.1 Å². The Morgan fingerprint density at radius 2 is 2.03 bits per heavy atom. The summed E-state index contributed by atoms with van der Waals surface area (Å²) in [6.07, 6.45) is 7.83. The van der Waals surface area contributed by atoms with E-state index in [1.165, 1.54) is 11.3 Å². The molecule has 2 aliphatic rings. The fraction of sp³-hybridized carbons (Fsp3) is 0.667. The van der Waals surface area contributed by atoms with Crippen LogP contribution in [0.3, 0.4) is 0 Å². The molecule has 1 saturated carbocycles. The lowest BCUT2D eigenvalue weighted by Gasteiger charge is -2.37. The Bertz CT molecular complexity index is 800. The van der Waals surface area contributed by atoms with Crippen LogP contribution >= 0.6 is 0 Å². The van der Waals surface area contributed by atoms with Crippen LogP contribution in [0, 0.1) is 11.8 Å². The van der Waals surface area contributed by atoms with Crippen molar-refractivity contribution in [1.82, 2.24) is 25.5 Å². The molecule has 0 bridgehead atoms. The van der Waals surface area contributed by atoms with Gasteiger partial charge in [0, 0.05) is 26.7 Å². The highest BCUT2D eigenvalue weighted by atomic mass is 16.5. The van der Waals surface area contributed by atoms with E-state index < -0.39 is 12.0 Å². The summed E-state index contributed by atoms with van der Waals surface area (Å²) < 4.78 is 0. The number of anilines is 2. The number of hydrogen-bond acceptors (Lipinski definition) is 8. The van der Waals surface area contributed by atoms with Crippen LogP contribution in [0.2, 0.25) is 0 Å². The summed E-state index contributed by atoms with van der Waals surface area (Å²) in [4.78, 5) is 47.6. The predicted molar refractivity (Wildman–Crippen MR) is 117 cm³/mol. The molecular formula is C21H33N7O4. The smallest absolute Gasteiger partial charge is 0.249 e. The van der Waals surface area contributed by atoms with E-state index in [-0.39, 0.29) is 18.4 Å². The lowest BCUT2D eigenvalue weighted by atomic mass is 9.91. The number of amides is 3. The topological polar surface area (TPSA) is 131 Å². The molecule has 2 atom stereocenters. The van der Waals surface area contributed by atoms with Crippen molar-refractivity contribution in [3.63, 3.8) is 0 Å². The molecule has 2 fully saturated rings. The molecule has 3 amide bonds. The van der Waals surface area contributed by atoms with E-state index in [0.717, 1.165) is 32.1 Å². The van der Waals surface area contributed by atoms with Gasteiger partial charge in [-0.3, -0.25) is 24.6 Å². The number of nitrogens with zero attached hydrogens (tertiary/aromatic N) is 5. The maximum atomic E-state index is 13.4. The second kappa shape index (κ2) is 11.2. The summed E-state index contributed by atoms with van der Waals surface area (Å²) in [5.41, 5.74) is 3.06. The molecule has 32 heavy (non-hydrogen) atoms. The third kappa shape index (κ3) is 6.13. The van der Waals surface area contributed by atoms with Crippen molar-refractivity contribution in [1.29, 1.82) is 0 Å². The van der Waals surface area contributed by atoms with Crippen LogP contribution < -0.4 is 15.6 Å². The van der Waals surface area contributed by atoms with Crippen LogP contribution in [-0.2, 0) is 14.4 Å². The molecule has 1 aliphatic carbocycles. The number of hydroxylamine groups is 2. The zero-order valence-electron chi connectivity index (χ0n) is 18.7. The first kappa shape index (κ1) is 23.9. The third-order valence-corrected chi connectivity index (χ3v) is 6.12. The Morgan fingerprint density at radius 1 is 1.28 bits per heavy atom. The van der Waals surface area contributed by atoms with Gasteiger partial charge in [-0.2, -0.15) is 0 Å². The Hall–Kier alpha value is -2.79. The first-order valence-electron chi connectivity index (χ1n) is 11.2. The molecular weight excluding hydrogens is 414 g/mol. The first-order chi connectivity index (χ1) is 15.4. The van der Waals surface area contributed by atoms with Crippen molar-refractivity contribution < 1.29 is 19.6 Å². The van der Waals surface area contributed by atoms with Crippen molar-refractivity contribution in [2.24, 2.45) is 11.8 Å². The number of carbonyl (C=O) groups excluding carboxylic acids is 3. The van der Waals surface area contributed by atoms with Crippen LogP contribution in [0.25, 0.3) is 0 Å². The van der Waals surface area contributed by atoms with Crippen LogP contribution in [0.15, 0.2) is 12.4 Å². The number of nitrogens with one attached hydrogen (secondary N) is 2. The molecule has 0 radical (unpaired) electrons. The summed E-state index contributed by atoms with van der Waals surface area (Å²) in [6, 6.07) is 0.945. The van der Waals surface area contributed by atoms with Crippen LogP contribution in [0.4, 0.5) is 11.6 Å². The van der Waals surface area contributed by atoms with Crippen LogP contribution in [0.5, 0.6) is 0 Å². The number of hydrazine groups is 1. The minimum Gasteiger partial charge on any atom is -0.363 e. The average molecular weight is 448 g/mol. The van der Waals surface area contributed by atoms with Crippen molar-refractivity contribution in [3.8, 4) is 0 Å². The molecule has 1 aliphatic heterocycles. The molecule has 2 heterocycles. The van der Waals surface area contributed by atoms with Gasteiger partial charge in [0.15, 0.2) is 0 Å². The summed E-state index contributed by atoms with van der Waals surface area (Å²) in [7, 11) is 3.68. The largest absolute Gasteiger partial charge is 0.363 e. The van der Waals surface area contributed by atoms with Crippen molar-refractivity contribution >= 4 is 29.9 Å². The lowest BCUT2D eigenvalue weighted by molar-refractivity contribution is -0.161. The standard InChI is InChI=1S/C21H33N7O4/c1-26(2)19-11-18(22-13-23-19)25-20(30)17-8-5-9-24-28(17)21(31)16(12-27(32)14-29)10-15-6-3-4-7-15/h11,13-17,24,32H,3-10,12H2,1-2H3,(H,22,23,25,30)/t16-,17+/m1/s1. The van der Waals surface area contributed by atoms with Gasteiger partial charge in [-0.15, -0.1) is 0 Å². The van der Waals surface area contributed by atoms with Gasteiger partial charge in [0.2, 0.25) is 18.2 Å². The summed E-state index contributed by atoms with van der Waals surface area (Å²) in [6.45, 7) is 0.476. The number of hydrogen-bond donors (Lipinski definition) is 3. The van der Waals surface area contributed by atoms with Gasteiger partial charge in [0.1, 0.15) is 24.0 Å². The molecule has 3 rings (SSSR count). The van der Waals surface area contributed by atoms with Gasteiger partial charge < -0.3 is 10.2 Å². The van der Waals surface area contributed by atoms with Gasteiger partial charge in [-0.05, 0) is 25.2 Å². The van der Waals surface area contributed by atoms with Crippen molar-refractivity contribution in [2.75, 3.05) is 37.4 Å². The summed E-state index contributed by atoms with van der Waals surface area (Å²) >= 11 is 0. The number of carbonyl (C=O) groups is 3. The zero-order chi connectivity index (χ0) is 23.1. The Balaban J connectivity index is 1.73. The summed E-state index contributed by atoms with van der Waals surface area (Å²) in [5.74, 6) is 0.175. The van der Waals surface area contributed by atoms with E-state index >= 15 is 0 Å². The molecule has 0 aromatic carbocycles. The average Bonchev–Trinajstić information content (AvgIpc) is 3.31. The van der Waals surface area contributed by atoms with Gasteiger partial charge in [-0.25, -0.2) is 20.5 Å². The molecule has 0 spiro atoms. The van der Waals surface area contributed by atoms with E-state index in [9.17, 15) is 19.6 Å². The highest BCUT2D eigenvalue weighted by Crippen LogP contribution is 2.31. The van der Waals surface area contributed by atoms with E-state index in [4.69, 9.17) is 0 Å². The normalized spacial score (nSPS) is 20.0. The molecule has 1 aromatic heterocycles. The highest BCUT2D eigenvalue weighted by molar-refractivity contribution is 5.97. The Kier molecular flexibility index (Phi) is 8.34. The second-order valence-electron chi connectivity index (χ2n) is 8.73. The Morgan fingerprint density at radius 3 is 2.72 bits per heavy atom. The molecule has 0 unspecified atom stereocenters. The minimum atomic E-state index is -0.719. The van der Waals surface area contributed by atoms with E-state index in [2.05, 4.69) is 20.7 Å². The third-order valence-electron chi connectivity index (χ3n) is 6.12. The maximum absolute atomic E-state index is 13.4. The van der Waals surface area contributed by atoms with E-state index in [0.29, 0.717) is 48.4 Å². The first-order valence-corrected chi connectivity index (χ1v) is 11.2. The predicted octanol–water partition coefficient (Wildman–Crippen LogP) is 1.02. The SMILES string of the molecule is CN(C)c1cc(NC(=O)[C@@H]2CCCNN2C(=O)[C@H](CC2CCCC2)CN(O)C=O)ncn1. The Labute approximate surface area is 188 Å². The minimum absolute atomic E-state index is 0.0938. The molecule has 1 saturated heterocycles. The van der Waals surface area contributed by atoms with Crippen molar-refractivity contribution in [3.05, 3.63) is 12.4 Å². The van der Waals surface area contributed by atoms with Gasteiger partial charge >= 0.3 is 0 Å². The molecule has 11 heteroatoms. The lowest BCUT2D eigenvalue weighted by Crippen LogP contribution is -2.59.